The zero-order chi connectivity index (χ0) is 41.7. The summed E-state index contributed by atoms with van der Waals surface area (Å²) in [5.74, 6) is -0.0934. The number of carbonyl (C=O) groups is 3. The molecule has 0 aromatic carbocycles. The molecule has 0 rings (SSSR count). The summed E-state index contributed by atoms with van der Waals surface area (Å²) < 4.78 is 16.8. The quantitative estimate of drug-likeness (QED) is 0.0346. The third-order valence-electron chi connectivity index (χ3n) is 11.5. The van der Waals surface area contributed by atoms with Gasteiger partial charge in [0, 0.05) is 19.3 Å². The van der Waals surface area contributed by atoms with Crippen molar-refractivity contribution in [3.8, 4) is 0 Å². The van der Waals surface area contributed by atoms with Crippen molar-refractivity contribution in [2.24, 2.45) is 5.92 Å². The topological polar surface area (TPSA) is 78.9 Å². The van der Waals surface area contributed by atoms with Crippen LogP contribution >= 0.6 is 0 Å². The van der Waals surface area contributed by atoms with Gasteiger partial charge in [0.15, 0.2) is 6.10 Å². The first kappa shape index (κ1) is 55.4. The monoisotopic (exact) mass is 807 g/mol. The van der Waals surface area contributed by atoms with Crippen molar-refractivity contribution in [1.29, 1.82) is 0 Å². The SMILES string of the molecule is CCCCCCCCCCCCCCCCCCCCC(=O)OC[C@H](COC(=O)CCCCCCCCCCCCCC)OC(=O)CCCCCCCCC(C)C. The van der Waals surface area contributed by atoms with Crippen LogP contribution in [0, 0.1) is 5.92 Å². The maximum Gasteiger partial charge on any atom is 0.306 e. The van der Waals surface area contributed by atoms with E-state index in [4.69, 9.17) is 14.2 Å². The van der Waals surface area contributed by atoms with Crippen LogP contribution < -0.4 is 0 Å². The highest BCUT2D eigenvalue weighted by atomic mass is 16.6. The maximum absolute atomic E-state index is 12.7. The number of ether oxygens (including phenoxy) is 3. The molecule has 338 valence electrons. The van der Waals surface area contributed by atoms with Crippen molar-refractivity contribution >= 4 is 17.9 Å². The molecule has 0 N–H and O–H groups in total. The van der Waals surface area contributed by atoms with Gasteiger partial charge in [-0.2, -0.15) is 0 Å². The van der Waals surface area contributed by atoms with E-state index in [1.807, 2.05) is 0 Å². The van der Waals surface area contributed by atoms with Crippen LogP contribution in [-0.2, 0) is 28.6 Å². The summed E-state index contributed by atoms with van der Waals surface area (Å²) in [5, 5.41) is 0. The highest BCUT2D eigenvalue weighted by Gasteiger charge is 2.19. The van der Waals surface area contributed by atoms with Gasteiger partial charge >= 0.3 is 17.9 Å². The molecule has 1 atom stereocenters. The molecule has 0 radical (unpaired) electrons. The number of esters is 3. The van der Waals surface area contributed by atoms with E-state index in [2.05, 4.69) is 27.7 Å². The zero-order valence-electron chi connectivity index (χ0n) is 38.8. The summed E-state index contributed by atoms with van der Waals surface area (Å²) >= 11 is 0. The molecule has 0 aliphatic carbocycles. The van der Waals surface area contributed by atoms with Crippen molar-refractivity contribution in [3.63, 3.8) is 0 Å². The highest BCUT2D eigenvalue weighted by Crippen LogP contribution is 2.17. The summed E-state index contributed by atoms with van der Waals surface area (Å²) in [6, 6.07) is 0. The average Bonchev–Trinajstić information content (AvgIpc) is 3.19. The maximum atomic E-state index is 12.7. The number of hydrogen-bond acceptors (Lipinski definition) is 6. The number of carbonyl (C=O) groups excluding carboxylic acids is 3. The van der Waals surface area contributed by atoms with E-state index in [1.165, 1.54) is 180 Å². The van der Waals surface area contributed by atoms with Crippen LogP contribution in [0.4, 0.5) is 0 Å². The molecular formula is C51H98O6. The Balaban J connectivity index is 4.21. The minimum absolute atomic E-state index is 0.0641. The second-order valence-electron chi connectivity index (χ2n) is 17.9. The standard InChI is InChI=1S/C51H98O6/c1-5-7-9-11-13-15-17-19-20-21-22-23-24-26-28-30-35-39-43-50(53)56-46-48(57-51(54)44-40-36-32-31-33-37-41-47(3)4)45-55-49(52)42-38-34-29-27-25-18-16-14-12-10-8-6-2/h47-48H,5-46H2,1-4H3/t48-/m0/s1. The average molecular weight is 807 g/mol. The largest absolute Gasteiger partial charge is 0.462 e. The molecule has 0 bridgehead atoms. The fourth-order valence-corrected chi connectivity index (χ4v) is 7.69. The lowest BCUT2D eigenvalue weighted by molar-refractivity contribution is -0.167. The minimum atomic E-state index is -0.760. The van der Waals surface area contributed by atoms with Gasteiger partial charge < -0.3 is 14.2 Å². The van der Waals surface area contributed by atoms with Crippen LogP contribution in [0.2, 0.25) is 0 Å². The lowest BCUT2D eigenvalue weighted by Gasteiger charge is -2.18. The van der Waals surface area contributed by atoms with E-state index in [1.54, 1.807) is 0 Å². The van der Waals surface area contributed by atoms with E-state index in [0.29, 0.717) is 19.3 Å². The molecule has 0 unspecified atom stereocenters. The predicted molar refractivity (Wildman–Crippen MR) is 243 cm³/mol. The molecule has 0 aliphatic rings. The van der Waals surface area contributed by atoms with E-state index in [-0.39, 0.29) is 31.1 Å². The van der Waals surface area contributed by atoms with Gasteiger partial charge in [-0.05, 0) is 25.2 Å². The molecule has 0 heterocycles. The van der Waals surface area contributed by atoms with Crippen LogP contribution in [-0.4, -0.2) is 37.2 Å². The molecule has 0 fully saturated rings. The first-order valence-corrected chi connectivity index (χ1v) is 25.4. The molecule has 6 nitrogen and oxygen atoms in total. The minimum Gasteiger partial charge on any atom is -0.462 e. The van der Waals surface area contributed by atoms with Gasteiger partial charge in [-0.15, -0.1) is 0 Å². The van der Waals surface area contributed by atoms with Gasteiger partial charge in [-0.25, -0.2) is 0 Å². The number of unbranched alkanes of at least 4 members (excludes halogenated alkanes) is 33. The predicted octanol–water partition coefficient (Wildman–Crippen LogP) is 16.3. The molecule has 6 heteroatoms. The lowest BCUT2D eigenvalue weighted by atomic mass is 10.0. The van der Waals surface area contributed by atoms with Gasteiger partial charge in [0.05, 0.1) is 0 Å². The van der Waals surface area contributed by atoms with Crippen molar-refractivity contribution in [2.45, 2.75) is 291 Å². The van der Waals surface area contributed by atoms with Crippen LogP contribution in [0.15, 0.2) is 0 Å². The Kier molecular flexibility index (Phi) is 44.2. The van der Waals surface area contributed by atoms with Crippen molar-refractivity contribution in [1.82, 2.24) is 0 Å². The van der Waals surface area contributed by atoms with Gasteiger partial charge in [-0.1, -0.05) is 246 Å². The van der Waals surface area contributed by atoms with E-state index >= 15 is 0 Å². The second-order valence-corrected chi connectivity index (χ2v) is 17.9. The fourth-order valence-electron chi connectivity index (χ4n) is 7.69. The molecule has 0 aromatic heterocycles. The molecule has 0 saturated heterocycles. The number of rotatable bonds is 46. The molecule has 0 aliphatic heterocycles. The molecular weight excluding hydrogens is 709 g/mol. The van der Waals surface area contributed by atoms with Crippen molar-refractivity contribution < 1.29 is 28.6 Å². The Bertz CT molecular complexity index is 857. The Morgan fingerprint density at radius 2 is 0.579 bits per heavy atom. The smallest absolute Gasteiger partial charge is 0.306 e. The van der Waals surface area contributed by atoms with Gasteiger partial charge in [0.25, 0.3) is 0 Å². The van der Waals surface area contributed by atoms with Crippen LogP contribution in [0.1, 0.15) is 285 Å². The molecule has 0 saturated carbocycles. The Hall–Kier alpha value is -1.59. The molecule has 0 amide bonds. The van der Waals surface area contributed by atoms with Crippen LogP contribution in [0.3, 0.4) is 0 Å². The van der Waals surface area contributed by atoms with E-state index < -0.39 is 6.10 Å². The van der Waals surface area contributed by atoms with E-state index in [0.717, 1.165) is 63.7 Å². The summed E-state index contributed by atoms with van der Waals surface area (Å²) in [6.45, 7) is 8.95. The Morgan fingerprint density at radius 1 is 0.333 bits per heavy atom. The fraction of sp³-hybridized carbons (Fsp3) is 0.941. The summed E-state index contributed by atoms with van der Waals surface area (Å²) in [4.78, 5) is 37.8. The Labute approximate surface area is 355 Å². The van der Waals surface area contributed by atoms with Crippen LogP contribution in [0.25, 0.3) is 0 Å². The van der Waals surface area contributed by atoms with Crippen molar-refractivity contribution in [2.75, 3.05) is 13.2 Å². The molecule has 0 spiro atoms. The molecule has 0 aromatic rings. The van der Waals surface area contributed by atoms with Gasteiger partial charge in [-0.3, -0.25) is 14.4 Å². The first-order chi connectivity index (χ1) is 27.9. The van der Waals surface area contributed by atoms with E-state index in [9.17, 15) is 14.4 Å². The van der Waals surface area contributed by atoms with Gasteiger partial charge in [0.2, 0.25) is 0 Å². The number of hydrogen-bond donors (Lipinski definition) is 0. The third kappa shape index (κ3) is 45.3. The zero-order valence-corrected chi connectivity index (χ0v) is 38.8. The second kappa shape index (κ2) is 45.5. The third-order valence-corrected chi connectivity index (χ3v) is 11.5. The van der Waals surface area contributed by atoms with Crippen molar-refractivity contribution in [3.05, 3.63) is 0 Å². The Morgan fingerprint density at radius 3 is 0.860 bits per heavy atom. The summed E-state index contributed by atoms with van der Waals surface area (Å²) in [6.07, 6.45) is 46.8. The first-order valence-electron chi connectivity index (χ1n) is 25.4. The normalized spacial score (nSPS) is 11.9. The lowest BCUT2D eigenvalue weighted by Crippen LogP contribution is -2.30. The summed E-state index contributed by atoms with van der Waals surface area (Å²) in [5.41, 5.74) is 0. The summed E-state index contributed by atoms with van der Waals surface area (Å²) in [7, 11) is 0. The van der Waals surface area contributed by atoms with Crippen LogP contribution in [0.5, 0.6) is 0 Å². The van der Waals surface area contributed by atoms with Gasteiger partial charge in [0.1, 0.15) is 13.2 Å². The highest BCUT2D eigenvalue weighted by molar-refractivity contribution is 5.71. The molecule has 57 heavy (non-hydrogen) atoms.